The molecule has 1 spiro atoms. The van der Waals surface area contributed by atoms with Gasteiger partial charge in [0.25, 0.3) is 0 Å². The van der Waals surface area contributed by atoms with Crippen molar-refractivity contribution in [3.8, 4) is 5.75 Å². The highest BCUT2D eigenvalue weighted by Gasteiger charge is 2.41. The fourth-order valence-electron chi connectivity index (χ4n) is 5.34. The average Bonchev–Trinajstić information content (AvgIpc) is 2.85. The Morgan fingerprint density at radius 1 is 1.15 bits per heavy atom. The van der Waals surface area contributed by atoms with E-state index in [0.29, 0.717) is 0 Å². The first-order valence-electron chi connectivity index (χ1n) is 11.0. The van der Waals surface area contributed by atoms with Crippen molar-refractivity contribution in [2.45, 2.75) is 70.1 Å². The molecule has 0 aromatic heterocycles. The monoisotopic (exact) mass is 368 g/mol. The van der Waals surface area contributed by atoms with Crippen molar-refractivity contribution in [2.24, 2.45) is 5.92 Å². The molecule has 3 nitrogen and oxygen atoms in total. The lowest BCUT2D eigenvalue weighted by Crippen LogP contribution is -2.51. The Hall–Kier alpha value is -1.32. The van der Waals surface area contributed by atoms with Gasteiger partial charge in [0.1, 0.15) is 11.4 Å². The van der Waals surface area contributed by atoms with Crippen LogP contribution < -0.4 is 4.74 Å². The van der Waals surface area contributed by atoms with E-state index in [1.165, 1.54) is 57.1 Å². The van der Waals surface area contributed by atoms with Gasteiger partial charge in [0, 0.05) is 31.2 Å². The third kappa shape index (κ3) is 4.41. The second-order valence-electron chi connectivity index (χ2n) is 9.02. The van der Waals surface area contributed by atoms with Gasteiger partial charge in [-0.2, -0.15) is 0 Å². The van der Waals surface area contributed by atoms with Gasteiger partial charge in [-0.1, -0.05) is 37.3 Å². The van der Waals surface area contributed by atoms with Crippen molar-refractivity contribution in [3.63, 3.8) is 0 Å². The molecule has 0 saturated heterocycles. The topological polar surface area (TPSA) is 15.7 Å². The minimum Gasteiger partial charge on any atom is -0.486 e. The van der Waals surface area contributed by atoms with Crippen molar-refractivity contribution in [3.05, 3.63) is 42.0 Å². The van der Waals surface area contributed by atoms with Gasteiger partial charge < -0.3 is 9.64 Å². The fraction of sp³-hybridized carbons (Fsp3) is 0.667. The van der Waals surface area contributed by atoms with Crippen LogP contribution >= 0.6 is 0 Å². The van der Waals surface area contributed by atoms with Gasteiger partial charge >= 0.3 is 0 Å². The van der Waals surface area contributed by atoms with Gasteiger partial charge in [-0.15, -0.1) is 0 Å². The standard InChI is InChI=1S/C24H36N2O/c1-3-26-18-21-11-7-8-12-23(21)27-24(19-26)15-13-22(14-16-24)25(2)17-20-9-5-4-6-10-20/h4-5,7-8,11-12,20,22H,3,6,9-10,13-19H2,1-2H3/t20-,22?,24?/m0/s1. The van der Waals surface area contributed by atoms with Crippen molar-refractivity contribution in [1.82, 2.24) is 9.80 Å². The second-order valence-corrected chi connectivity index (χ2v) is 9.02. The molecule has 3 aliphatic rings. The molecule has 1 aromatic carbocycles. The minimum absolute atomic E-state index is 0.00747. The molecule has 1 heterocycles. The molecular formula is C24H36N2O. The summed E-state index contributed by atoms with van der Waals surface area (Å²) >= 11 is 0. The van der Waals surface area contributed by atoms with Crippen LogP contribution in [0, 0.1) is 5.92 Å². The summed E-state index contributed by atoms with van der Waals surface area (Å²) in [5.41, 5.74) is 1.36. The van der Waals surface area contributed by atoms with Crippen LogP contribution in [-0.4, -0.2) is 48.1 Å². The Morgan fingerprint density at radius 2 is 1.96 bits per heavy atom. The molecular weight excluding hydrogens is 332 g/mol. The molecule has 4 rings (SSSR count). The molecule has 0 unspecified atom stereocenters. The van der Waals surface area contributed by atoms with Crippen LogP contribution in [0.25, 0.3) is 0 Å². The van der Waals surface area contributed by atoms with Gasteiger partial charge in [-0.3, -0.25) is 4.90 Å². The molecule has 1 saturated carbocycles. The molecule has 0 bridgehead atoms. The van der Waals surface area contributed by atoms with E-state index in [-0.39, 0.29) is 5.60 Å². The summed E-state index contributed by atoms with van der Waals surface area (Å²) in [6.07, 6.45) is 13.5. The third-order valence-corrected chi connectivity index (χ3v) is 7.07. The largest absolute Gasteiger partial charge is 0.486 e. The maximum Gasteiger partial charge on any atom is 0.124 e. The summed E-state index contributed by atoms with van der Waals surface area (Å²) in [6.45, 7) is 6.72. The molecule has 148 valence electrons. The van der Waals surface area contributed by atoms with E-state index in [0.717, 1.165) is 37.3 Å². The summed E-state index contributed by atoms with van der Waals surface area (Å²) < 4.78 is 6.73. The number of nitrogens with zero attached hydrogens (tertiary/aromatic N) is 2. The normalized spacial score (nSPS) is 31.5. The quantitative estimate of drug-likeness (QED) is 0.705. The number of allylic oxidation sites excluding steroid dienone is 2. The van der Waals surface area contributed by atoms with Crippen molar-refractivity contribution >= 4 is 0 Å². The van der Waals surface area contributed by atoms with E-state index < -0.39 is 0 Å². The second kappa shape index (κ2) is 8.36. The van der Waals surface area contributed by atoms with E-state index in [1.54, 1.807) is 0 Å². The zero-order chi connectivity index (χ0) is 18.7. The zero-order valence-corrected chi connectivity index (χ0v) is 17.2. The van der Waals surface area contributed by atoms with E-state index in [4.69, 9.17) is 4.74 Å². The highest BCUT2D eigenvalue weighted by Crippen LogP contribution is 2.39. The Kier molecular flexibility index (Phi) is 5.89. The van der Waals surface area contributed by atoms with Crippen LogP contribution in [0.15, 0.2) is 36.4 Å². The number of ether oxygens (including phenoxy) is 1. The summed E-state index contributed by atoms with van der Waals surface area (Å²) in [6, 6.07) is 9.38. The van der Waals surface area contributed by atoms with Gasteiger partial charge in [-0.05, 0) is 70.5 Å². The number of fused-ring (bicyclic) bond motifs is 1. The van der Waals surface area contributed by atoms with Crippen LogP contribution in [0.3, 0.4) is 0 Å². The molecule has 3 heteroatoms. The summed E-state index contributed by atoms with van der Waals surface area (Å²) in [4.78, 5) is 5.23. The highest BCUT2D eigenvalue weighted by molar-refractivity contribution is 5.35. The van der Waals surface area contributed by atoms with Crippen molar-refractivity contribution in [2.75, 3.05) is 26.7 Å². The molecule has 1 fully saturated rings. The Balaban J connectivity index is 1.40. The lowest BCUT2D eigenvalue weighted by molar-refractivity contribution is -0.0152. The lowest BCUT2D eigenvalue weighted by Gasteiger charge is -2.44. The SMILES string of the molecule is CCN1Cc2ccccc2OC2(CCC(N(C)C[C@H]3CC=CCC3)CC2)C1. The minimum atomic E-state index is 0.00747. The number of hydrogen-bond acceptors (Lipinski definition) is 3. The third-order valence-electron chi connectivity index (χ3n) is 7.07. The van der Waals surface area contributed by atoms with Crippen LogP contribution in [0.1, 0.15) is 57.4 Å². The molecule has 1 aliphatic heterocycles. The Bertz CT molecular complexity index is 648. The van der Waals surface area contributed by atoms with E-state index in [1.807, 2.05) is 0 Å². The maximum atomic E-state index is 6.73. The first-order chi connectivity index (χ1) is 13.2. The molecule has 1 aromatic rings. The lowest BCUT2D eigenvalue weighted by atomic mass is 9.80. The van der Waals surface area contributed by atoms with Gasteiger partial charge in [0.05, 0.1) is 0 Å². The number of likely N-dealkylation sites (N-methyl/N-ethyl adjacent to an activating group) is 1. The highest BCUT2D eigenvalue weighted by atomic mass is 16.5. The summed E-state index contributed by atoms with van der Waals surface area (Å²) in [7, 11) is 2.35. The number of para-hydroxylation sites is 1. The smallest absolute Gasteiger partial charge is 0.124 e. The molecule has 0 N–H and O–H groups in total. The Morgan fingerprint density at radius 3 is 2.70 bits per heavy atom. The summed E-state index contributed by atoms with van der Waals surface area (Å²) in [5, 5.41) is 0. The van der Waals surface area contributed by atoms with E-state index >= 15 is 0 Å². The van der Waals surface area contributed by atoms with Crippen molar-refractivity contribution in [1.29, 1.82) is 0 Å². The van der Waals surface area contributed by atoms with Gasteiger partial charge in [0.2, 0.25) is 0 Å². The zero-order valence-electron chi connectivity index (χ0n) is 17.2. The number of hydrogen-bond donors (Lipinski definition) is 0. The molecule has 0 amide bonds. The van der Waals surface area contributed by atoms with Crippen molar-refractivity contribution < 1.29 is 4.74 Å². The average molecular weight is 369 g/mol. The van der Waals surface area contributed by atoms with Gasteiger partial charge in [-0.25, -0.2) is 0 Å². The predicted molar refractivity (Wildman–Crippen MR) is 112 cm³/mol. The van der Waals surface area contributed by atoms with E-state index in [9.17, 15) is 0 Å². The maximum absolute atomic E-state index is 6.73. The molecule has 0 radical (unpaired) electrons. The van der Waals surface area contributed by atoms with Crippen LogP contribution in [0.5, 0.6) is 5.75 Å². The predicted octanol–water partition coefficient (Wildman–Crippen LogP) is 4.87. The Labute approximate surface area is 165 Å². The van der Waals surface area contributed by atoms with Crippen LogP contribution in [0.4, 0.5) is 0 Å². The van der Waals surface area contributed by atoms with Crippen LogP contribution in [-0.2, 0) is 6.54 Å². The number of rotatable bonds is 4. The first-order valence-corrected chi connectivity index (χ1v) is 11.0. The van der Waals surface area contributed by atoms with E-state index in [2.05, 4.69) is 60.2 Å². The summed E-state index contributed by atoms with van der Waals surface area (Å²) in [5.74, 6) is 1.97. The fourth-order valence-corrected chi connectivity index (χ4v) is 5.34. The van der Waals surface area contributed by atoms with Gasteiger partial charge in [0.15, 0.2) is 0 Å². The first kappa shape index (κ1) is 19.0. The molecule has 2 aliphatic carbocycles. The molecule has 27 heavy (non-hydrogen) atoms. The number of benzene rings is 1. The van der Waals surface area contributed by atoms with Crippen LogP contribution in [0.2, 0.25) is 0 Å². The molecule has 1 atom stereocenters.